The second-order valence-electron chi connectivity index (χ2n) is 4.72. The molecule has 0 radical (unpaired) electrons. The van der Waals surface area contributed by atoms with Gasteiger partial charge in [0, 0.05) is 10.1 Å². The highest BCUT2D eigenvalue weighted by atomic mass is 127. The largest absolute Gasteiger partial charge is 0.244 e. The average molecular weight is 327 g/mol. The van der Waals surface area contributed by atoms with Crippen molar-refractivity contribution in [1.29, 1.82) is 0 Å². The van der Waals surface area contributed by atoms with Crippen molar-refractivity contribution in [3.63, 3.8) is 0 Å². The molecule has 1 aromatic carbocycles. The van der Waals surface area contributed by atoms with Crippen LogP contribution >= 0.6 is 22.6 Å². The summed E-state index contributed by atoms with van der Waals surface area (Å²) in [6.07, 6.45) is 2.79. The third kappa shape index (κ3) is 1.95. The van der Waals surface area contributed by atoms with Gasteiger partial charge in [-0.05, 0) is 65.5 Å². The molecule has 4 heteroatoms. The van der Waals surface area contributed by atoms with E-state index < -0.39 is 0 Å². The lowest BCUT2D eigenvalue weighted by Gasteiger charge is -2.09. The molecule has 3 rings (SSSR count). The first-order valence-electron chi connectivity index (χ1n) is 5.73. The Bertz CT molecular complexity index is 516. The summed E-state index contributed by atoms with van der Waals surface area (Å²) >= 11 is 2.31. The summed E-state index contributed by atoms with van der Waals surface area (Å²) in [6, 6.07) is 6.32. The number of rotatable bonds is 3. The van der Waals surface area contributed by atoms with E-state index in [1.165, 1.54) is 16.4 Å². The Morgan fingerprint density at radius 1 is 1.50 bits per heavy atom. The monoisotopic (exact) mass is 327 g/mol. The predicted molar refractivity (Wildman–Crippen MR) is 72.1 cm³/mol. The zero-order chi connectivity index (χ0) is 11.1. The lowest BCUT2D eigenvalue weighted by Crippen LogP contribution is -2.10. The minimum absolute atomic E-state index is 0.726. The van der Waals surface area contributed by atoms with Crippen LogP contribution in [0.25, 0.3) is 11.0 Å². The molecule has 1 aromatic heterocycles. The third-order valence-corrected chi connectivity index (χ3v) is 4.03. The SMILES string of the molecule is CC(Cn1nnc2cc(I)ccc21)C1CC1. The maximum absolute atomic E-state index is 4.25. The number of halogens is 1. The summed E-state index contributed by atoms with van der Waals surface area (Å²) in [5.41, 5.74) is 2.17. The fraction of sp³-hybridized carbons (Fsp3) is 0.500. The van der Waals surface area contributed by atoms with E-state index in [9.17, 15) is 0 Å². The second-order valence-corrected chi connectivity index (χ2v) is 5.96. The summed E-state index contributed by atoms with van der Waals surface area (Å²) < 4.78 is 3.27. The number of benzene rings is 1. The molecule has 1 aliphatic rings. The number of nitrogens with zero attached hydrogens (tertiary/aromatic N) is 3. The summed E-state index contributed by atoms with van der Waals surface area (Å²) in [5, 5.41) is 8.47. The van der Waals surface area contributed by atoms with Crippen LogP contribution in [0.4, 0.5) is 0 Å². The minimum Gasteiger partial charge on any atom is -0.244 e. The molecular weight excluding hydrogens is 313 g/mol. The Morgan fingerprint density at radius 2 is 2.31 bits per heavy atom. The molecule has 1 unspecified atom stereocenters. The van der Waals surface area contributed by atoms with Crippen LogP contribution in [0.15, 0.2) is 18.2 Å². The van der Waals surface area contributed by atoms with E-state index in [1.807, 2.05) is 0 Å². The van der Waals surface area contributed by atoms with Gasteiger partial charge < -0.3 is 0 Å². The van der Waals surface area contributed by atoms with E-state index in [4.69, 9.17) is 0 Å². The van der Waals surface area contributed by atoms with Crippen molar-refractivity contribution in [1.82, 2.24) is 15.0 Å². The van der Waals surface area contributed by atoms with E-state index in [2.05, 4.69) is 62.7 Å². The van der Waals surface area contributed by atoms with Crippen LogP contribution in [0, 0.1) is 15.4 Å². The normalized spacial score (nSPS) is 17.9. The van der Waals surface area contributed by atoms with Gasteiger partial charge in [-0.2, -0.15) is 0 Å². The molecule has 2 aromatic rings. The predicted octanol–water partition coefficient (Wildman–Crippen LogP) is 3.08. The van der Waals surface area contributed by atoms with Crippen molar-refractivity contribution in [2.45, 2.75) is 26.3 Å². The van der Waals surface area contributed by atoms with Crippen molar-refractivity contribution in [3.8, 4) is 0 Å². The van der Waals surface area contributed by atoms with Gasteiger partial charge in [0.2, 0.25) is 0 Å². The van der Waals surface area contributed by atoms with Crippen molar-refractivity contribution >= 4 is 33.6 Å². The fourth-order valence-corrected chi connectivity index (χ4v) is 2.64. The molecule has 1 atom stereocenters. The summed E-state index contributed by atoms with van der Waals surface area (Å²) in [4.78, 5) is 0. The van der Waals surface area contributed by atoms with Gasteiger partial charge in [0.05, 0.1) is 5.52 Å². The van der Waals surface area contributed by atoms with Gasteiger partial charge in [-0.3, -0.25) is 0 Å². The zero-order valence-corrected chi connectivity index (χ0v) is 11.4. The van der Waals surface area contributed by atoms with E-state index in [-0.39, 0.29) is 0 Å². The highest BCUT2D eigenvalue weighted by molar-refractivity contribution is 14.1. The topological polar surface area (TPSA) is 30.7 Å². The van der Waals surface area contributed by atoms with Crippen molar-refractivity contribution in [2.75, 3.05) is 0 Å². The maximum atomic E-state index is 4.25. The number of hydrogen-bond acceptors (Lipinski definition) is 2. The van der Waals surface area contributed by atoms with E-state index in [1.54, 1.807) is 0 Å². The van der Waals surface area contributed by atoms with Gasteiger partial charge in [0.15, 0.2) is 0 Å². The molecule has 0 amide bonds. The third-order valence-electron chi connectivity index (χ3n) is 3.36. The smallest absolute Gasteiger partial charge is 0.114 e. The molecule has 0 spiro atoms. The lowest BCUT2D eigenvalue weighted by molar-refractivity contribution is 0.407. The van der Waals surface area contributed by atoms with Crippen LogP contribution < -0.4 is 0 Å². The van der Waals surface area contributed by atoms with E-state index in [0.717, 1.165) is 29.4 Å². The molecule has 0 aliphatic heterocycles. The molecule has 1 aliphatic carbocycles. The van der Waals surface area contributed by atoms with Gasteiger partial charge in [0.1, 0.15) is 5.52 Å². The van der Waals surface area contributed by atoms with Gasteiger partial charge in [0.25, 0.3) is 0 Å². The summed E-state index contributed by atoms with van der Waals surface area (Å²) in [7, 11) is 0. The standard InChI is InChI=1S/C12H14IN3/c1-8(9-2-3-9)7-16-12-5-4-10(13)6-11(12)14-15-16/h4-6,8-9H,2-3,7H2,1H3. The molecule has 3 nitrogen and oxygen atoms in total. The van der Waals surface area contributed by atoms with Gasteiger partial charge in [-0.25, -0.2) is 4.68 Å². The van der Waals surface area contributed by atoms with Crippen molar-refractivity contribution < 1.29 is 0 Å². The fourth-order valence-electron chi connectivity index (χ4n) is 2.17. The Balaban J connectivity index is 1.91. The van der Waals surface area contributed by atoms with Gasteiger partial charge >= 0.3 is 0 Å². The molecule has 1 heterocycles. The highest BCUT2D eigenvalue weighted by Gasteiger charge is 2.28. The quantitative estimate of drug-likeness (QED) is 0.811. The zero-order valence-electron chi connectivity index (χ0n) is 9.23. The van der Waals surface area contributed by atoms with Crippen molar-refractivity contribution in [2.24, 2.45) is 11.8 Å². The molecule has 0 saturated heterocycles. The number of aromatic nitrogens is 3. The second kappa shape index (κ2) is 3.98. The van der Waals surface area contributed by atoms with E-state index >= 15 is 0 Å². The first-order valence-corrected chi connectivity index (χ1v) is 6.80. The van der Waals surface area contributed by atoms with Gasteiger partial charge in [-0.15, -0.1) is 5.10 Å². The lowest BCUT2D eigenvalue weighted by atomic mass is 10.1. The van der Waals surface area contributed by atoms with Crippen LogP contribution in [0.5, 0.6) is 0 Å². The molecule has 16 heavy (non-hydrogen) atoms. The molecule has 1 saturated carbocycles. The van der Waals surface area contributed by atoms with Crippen LogP contribution in [0.2, 0.25) is 0 Å². The highest BCUT2D eigenvalue weighted by Crippen LogP contribution is 2.37. The first-order chi connectivity index (χ1) is 7.74. The Kier molecular flexibility index (Phi) is 2.61. The summed E-state index contributed by atoms with van der Waals surface area (Å²) in [6.45, 7) is 3.32. The maximum Gasteiger partial charge on any atom is 0.114 e. The summed E-state index contributed by atoms with van der Waals surface area (Å²) in [5.74, 6) is 1.65. The van der Waals surface area contributed by atoms with Crippen LogP contribution in [0.1, 0.15) is 19.8 Å². The Morgan fingerprint density at radius 3 is 3.06 bits per heavy atom. The average Bonchev–Trinajstić information content (AvgIpc) is 3.03. The van der Waals surface area contributed by atoms with Crippen LogP contribution in [-0.4, -0.2) is 15.0 Å². The van der Waals surface area contributed by atoms with Gasteiger partial charge in [-0.1, -0.05) is 12.1 Å². The molecular formula is C12H14IN3. The van der Waals surface area contributed by atoms with Crippen molar-refractivity contribution in [3.05, 3.63) is 21.8 Å². The Labute approximate surface area is 108 Å². The van der Waals surface area contributed by atoms with Crippen LogP contribution in [0.3, 0.4) is 0 Å². The molecule has 84 valence electrons. The number of fused-ring (bicyclic) bond motifs is 1. The molecule has 0 N–H and O–H groups in total. The Hall–Kier alpha value is -0.650. The van der Waals surface area contributed by atoms with Crippen LogP contribution in [-0.2, 0) is 6.54 Å². The first kappa shape index (κ1) is 10.5. The molecule has 0 bridgehead atoms. The van der Waals surface area contributed by atoms with E-state index in [0.29, 0.717) is 0 Å². The molecule has 1 fully saturated rings. The number of hydrogen-bond donors (Lipinski definition) is 0. The minimum atomic E-state index is 0.726.